The summed E-state index contributed by atoms with van der Waals surface area (Å²) in [4.78, 5) is 0. The Morgan fingerprint density at radius 1 is 1.70 bits per heavy atom. The van der Waals surface area contributed by atoms with Crippen LogP contribution in [-0.4, -0.2) is 5.88 Å². The van der Waals surface area contributed by atoms with Crippen molar-refractivity contribution < 1.29 is 0 Å². The first-order valence-corrected chi connectivity index (χ1v) is 4.28. The fourth-order valence-electron chi connectivity index (χ4n) is 0.520. The Morgan fingerprint density at radius 2 is 2.30 bits per heavy atom. The SMILES string of the molecule is C=C/C(Br)=C(\C=C/C)CCl. The molecule has 0 saturated heterocycles. The predicted octanol–water partition coefficient (Wildman–Crippen LogP) is 3.64. The number of rotatable bonds is 3. The molecule has 56 valence electrons. The van der Waals surface area contributed by atoms with Crippen molar-refractivity contribution in [2.75, 3.05) is 5.88 Å². The Hall–Kier alpha value is -0.0100. The van der Waals surface area contributed by atoms with E-state index in [4.69, 9.17) is 11.6 Å². The number of hydrogen-bond donors (Lipinski definition) is 0. The van der Waals surface area contributed by atoms with E-state index in [1.54, 1.807) is 6.08 Å². The highest BCUT2D eigenvalue weighted by atomic mass is 79.9. The van der Waals surface area contributed by atoms with Crippen LogP contribution in [0, 0.1) is 0 Å². The summed E-state index contributed by atoms with van der Waals surface area (Å²) in [6.45, 7) is 5.57. The Balaban J connectivity index is 4.44. The monoisotopic (exact) mass is 220 g/mol. The van der Waals surface area contributed by atoms with Gasteiger partial charge in [0.1, 0.15) is 0 Å². The summed E-state index contributed by atoms with van der Waals surface area (Å²) in [6, 6.07) is 0. The van der Waals surface area contributed by atoms with Crippen LogP contribution in [0.2, 0.25) is 0 Å². The molecule has 0 unspecified atom stereocenters. The van der Waals surface area contributed by atoms with Gasteiger partial charge in [-0.3, -0.25) is 0 Å². The second-order valence-electron chi connectivity index (χ2n) is 1.71. The van der Waals surface area contributed by atoms with E-state index in [1.807, 2.05) is 19.1 Å². The van der Waals surface area contributed by atoms with E-state index in [1.165, 1.54) is 0 Å². The van der Waals surface area contributed by atoms with Gasteiger partial charge in [0.25, 0.3) is 0 Å². The van der Waals surface area contributed by atoms with Crippen molar-refractivity contribution in [3.05, 3.63) is 34.9 Å². The Bertz CT molecular complexity index is 168. The van der Waals surface area contributed by atoms with Crippen molar-refractivity contribution in [3.63, 3.8) is 0 Å². The molecule has 0 aromatic carbocycles. The van der Waals surface area contributed by atoms with Crippen LogP contribution >= 0.6 is 27.5 Å². The molecule has 0 heterocycles. The van der Waals surface area contributed by atoms with Gasteiger partial charge in [-0.1, -0.05) is 40.7 Å². The summed E-state index contributed by atoms with van der Waals surface area (Å²) in [5, 5.41) is 0. The topological polar surface area (TPSA) is 0 Å². The van der Waals surface area contributed by atoms with Crippen LogP contribution in [0.15, 0.2) is 34.9 Å². The van der Waals surface area contributed by atoms with E-state index >= 15 is 0 Å². The van der Waals surface area contributed by atoms with Crippen LogP contribution in [0.3, 0.4) is 0 Å². The number of hydrogen-bond acceptors (Lipinski definition) is 0. The third-order valence-corrected chi connectivity index (χ3v) is 2.12. The summed E-state index contributed by atoms with van der Waals surface area (Å²) in [5.41, 5.74) is 1.05. The Morgan fingerprint density at radius 3 is 2.60 bits per heavy atom. The molecule has 0 nitrogen and oxygen atoms in total. The molecule has 0 bridgehead atoms. The van der Waals surface area contributed by atoms with Crippen LogP contribution in [-0.2, 0) is 0 Å². The quantitative estimate of drug-likeness (QED) is 0.504. The van der Waals surface area contributed by atoms with Crippen molar-refractivity contribution in [2.24, 2.45) is 0 Å². The van der Waals surface area contributed by atoms with E-state index in [0.29, 0.717) is 5.88 Å². The molecule has 0 spiro atoms. The van der Waals surface area contributed by atoms with E-state index < -0.39 is 0 Å². The summed E-state index contributed by atoms with van der Waals surface area (Å²) < 4.78 is 0.959. The van der Waals surface area contributed by atoms with E-state index in [0.717, 1.165) is 10.1 Å². The summed E-state index contributed by atoms with van der Waals surface area (Å²) in [7, 11) is 0. The van der Waals surface area contributed by atoms with Crippen molar-refractivity contribution in [1.29, 1.82) is 0 Å². The van der Waals surface area contributed by atoms with Crippen LogP contribution in [0.25, 0.3) is 0 Å². The van der Waals surface area contributed by atoms with Gasteiger partial charge in [-0.15, -0.1) is 11.6 Å². The minimum absolute atomic E-state index is 0.511. The van der Waals surface area contributed by atoms with E-state index in [2.05, 4.69) is 22.5 Å². The van der Waals surface area contributed by atoms with Gasteiger partial charge in [0.15, 0.2) is 0 Å². The van der Waals surface area contributed by atoms with Gasteiger partial charge in [0.05, 0.1) is 0 Å². The van der Waals surface area contributed by atoms with Crippen LogP contribution in [0.4, 0.5) is 0 Å². The normalized spacial score (nSPS) is 13.5. The Kier molecular flexibility index (Phi) is 5.74. The molecule has 0 aromatic rings. The molecule has 0 aliphatic carbocycles. The lowest BCUT2D eigenvalue weighted by molar-refractivity contribution is 1.50. The summed E-state index contributed by atoms with van der Waals surface area (Å²) in [6.07, 6.45) is 5.64. The van der Waals surface area contributed by atoms with Gasteiger partial charge in [0, 0.05) is 10.4 Å². The van der Waals surface area contributed by atoms with Crippen LogP contribution < -0.4 is 0 Å². The molecule has 0 radical (unpaired) electrons. The number of allylic oxidation sites excluding steroid dienone is 5. The number of halogens is 2. The van der Waals surface area contributed by atoms with Gasteiger partial charge in [0.2, 0.25) is 0 Å². The maximum atomic E-state index is 5.63. The highest BCUT2D eigenvalue weighted by molar-refractivity contribution is 9.11. The van der Waals surface area contributed by atoms with Gasteiger partial charge >= 0.3 is 0 Å². The largest absolute Gasteiger partial charge is 0.122 e. The number of alkyl halides is 1. The van der Waals surface area contributed by atoms with Gasteiger partial charge in [-0.25, -0.2) is 0 Å². The highest BCUT2D eigenvalue weighted by Crippen LogP contribution is 2.15. The molecule has 0 N–H and O–H groups in total. The first-order valence-electron chi connectivity index (χ1n) is 2.96. The average molecular weight is 222 g/mol. The second kappa shape index (κ2) is 5.75. The molecule has 0 amide bonds. The van der Waals surface area contributed by atoms with Gasteiger partial charge in [-0.05, 0) is 12.5 Å². The average Bonchev–Trinajstić information content (AvgIpc) is 1.99. The van der Waals surface area contributed by atoms with E-state index in [-0.39, 0.29) is 0 Å². The third kappa shape index (κ3) is 3.23. The molecule has 0 fully saturated rings. The molecule has 10 heavy (non-hydrogen) atoms. The zero-order valence-corrected chi connectivity index (χ0v) is 8.24. The summed E-state index contributed by atoms with van der Waals surface area (Å²) in [5.74, 6) is 0.511. The van der Waals surface area contributed by atoms with Crippen molar-refractivity contribution in [3.8, 4) is 0 Å². The Labute approximate surface area is 75.4 Å². The zero-order chi connectivity index (χ0) is 7.98. The van der Waals surface area contributed by atoms with Crippen molar-refractivity contribution >= 4 is 27.5 Å². The lowest BCUT2D eigenvalue weighted by Crippen LogP contribution is -1.80. The molecule has 0 rings (SSSR count). The minimum atomic E-state index is 0.511. The maximum absolute atomic E-state index is 5.63. The second-order valence-corrected chi connectivity index (χ2v) is 2.83. The first-order chi connectivity index (χ1) is 4.76. The molecule has 0 aliphatic heterocycles. The molecule has 0 saturated carbocycles. The fraction of sp³-hybridized carbons (Fsp3) is 0.250. The van der Waals surface area contributed by atoms with Crippen molar-refractivity contribution in [1.82, 2.24) is 0 Å². The standard InChI is InChI=1S/C8H10BrCl/c1-3-5-7(6-10)8(9)4-2/h3-5H,2,6H2,1H3/b5-3-,8-7-. The van der Waals surface area contributed by atoms with Gasteiger partial charge in [-0.2, -0.15) is 0 Å². The van der Waals surface area contributed by atoms with Crippen molar-refractivity contribution in [2.45, 2.75) is 6.92 Å². The maximum Gasteiger partial charge on any atom is 0.0485 e. The third-order valence-electron chi connectivity index (χ3n) is 0.998. The lowest BCUT2D eigenvalue weighted by Gasteiger charge is -1.95. The predicted molar refractivity (Wildman–Crippen MR) is 51.7 cm³/mol. The first kappa shape index (κ1) is 9.99. The van der Waals surface area contributed by atoms with Crippen LogP contribution in [0.5, 0.6) is 0 Å². The zero-order valence-electron chi connectivity index (χ0n) is 5.90. The van der Waals surface area contributed by atoms with Crippen LogP contribution in [0.1, 0.15) is 6.92 Å². The highest BCUT2D eigenvalue weighted by Gasteiger charge is 1.93. The van der Waals surface area contributed by atoms with E-state index in [9.17, 15) is 0 Å². The molecule has 2 heteroatoms. The lowest BCUT2D eigenvalue weighted by atomic mass is 10.2. The molecule has 0 aliphatic rings. The van der Waals surface area contributed by atoms with Gasteiger partial charge < -0.3 is 0 Å². The minimum Gasteiger partial charge on any atom is -0.122 e. The molecular weight excluding hydrogens is 211 g/mol. The molecule has 0 atom stereocenters. The summed E-state index contributed by atoms with van der Waals surface area (Å²) >= 11 is 8.96. The fourth-order valence-corrected chi connectivity index (χ4v) is 1.19. The molecule has 0 aromatic heterocycles. The smallest absolute Gasteiger partial charge is 0.0485 e. The molecular formula is C8H10BrCl.